The third-order valence-corrected chi connectivity index (χ3v) is 0.877. The summed E-state index contributed by atoms with van der Waals surface area (Å²) in [6.45, 7) is 2.04. The van der Waals surface area contributed by atoms with Crippen molar-refractivity contribution in [3.05, 3.63) is 6.42 Å². The number of unbranched alkanes of at least 4 members (excludes halogenated alkanes) is 2. The van der Waals surface area contributed by atoms with Gasteiger partial charge in [0.15, 0.2) is 5.97 Å². The number of hydrogen-bond acceptors (Lipinski definition) is 1. The maximum atomic E-state index is 9.82. The zero-order chi connectivity index (χ0) is 6.41. The van der Waals surface area contributed by atoms with Crippen LogP contribution in [0.25, 0.3) is 0 Å². The van der Waals surface area contributed by atoms with Crippen LogP contribution < -0.4 is 0 Å². The standard InChI is InChI=1S/C6H11O2.2V.W/c1-2-3-4-5-6(7)8;;;/h5H,2-4H2,1H3,(H,7,8);;;/q-1;;;. The monoisotopic (exact) mass is 401 g/mol. The molecule has 0 heterocycles. The molecule has 5 heteroatoms. The van der Waals surface area contributed by atoms with Gasteiger partial charge in [-0.2, -0.15) is 6.42 Å². The summed E-state index contributed by atoms with van der Waals surface area (Å²) in [5.74, 6) is -0.807. The molecule has 0 aliphatic rings. The van der Waals surface area contributed by atoms with E-state index in [1.165, 1.54) is 6.42 Å². The van der Waals surface area contributed by atoms with Crippen LogP contribution >= 0.6 is 0 Å². The number of hydrogen-bond donors (Lipinski definition) is 1. The van der Waals surface area contributed by atoms with Crippen LogP contribution in [-0.2, 0) is 63.0 Å². The van der Waals surface area contributed by atoms with Gasteiger partial charge in [-0.15, -0.1) is 0 Å². The van der Waals surface area contributed by atoms with Gasteiger partial charge in [-0.05, 0) is 0 Å². The molecule has 0 bridgehead atoms. The third-order valence-electron chi connectivity index (χ3n) is 0.877. The van der Waals surface area contributed by atoms with Crippen LogP contribution in [0, 0.1) is 6.42 Å². The van der Waals surface area contributed by atoms with Crippen LogP contribution in [0.4, 0.5) is 0 Å². The summed E-state index contributed by atoms with van der Waals surface area (Å²) in [5.41, 5.74) is 0. The van der Waals surface area contributed by atoms with Gasteiger partial charge in [-0.1, -0.05) is 19.8 Å². The van der Waals surface area contributed by atoms with E-state index in [4.69, 9.17) is 5.11 Å². The van der Waals surface area contributed by atoms with Gasteiger partial charge >= 0.3 is 0 Å². The smallest absolute Gasteiger partial charge is 0.163 e. The van der Waals surface area contributed by atoms with Gasteiger partial charge in [-0.25, -0.2) is 0 Å². The van der Waals surface area contributed by atoms with Crippen molar-refractivity contribution in [2.45, 2.75) is 26.2 Å². The van der Waals surface area contributed by atoms with Crippen LogP contribution in [0.1, 0.15) is 26.2 Å². The number of carboxylic acid groups (broad SMARTS) is 1. The Kier molecular flexibility index (Phi) is 35.9. The van der Waals surface area contributed by atoms with Gasteiger partial charge in [0, 0.05) is 58.2 Å². The fourth-order valence-corrected chi connectivity index (χ4v) is 0.430. The maximum absolute atomic E-state index is 9.82. The minimum Gasteiger partial charge on any atom is -0.503 e. The Labute approximate surface area is 106 Å². The average molecular weight is 401 g/mol. The topological polar surface area (TPSA) is 37.3 Å². The Morgan fingerprint density at radius 3 is 2.18 bits per heavy atom. The molecule has 0 aliphatic carbocycles. The van der Waals surface area contributed by atoms with Gasteiger partial charge in [0.1, 0.15) is 0 Å². The summed E-state index contributed by atoms with van der Waals surface area (Å²) in [6, 6.07) is 0. The van der Waals surface area contributed by atoms with E-state index >= 15 is 0 Å². The summed E-state index contributed by atoms with van der Waals surface area (Å²) in [4.78, 5) is 9.82. The molecule has 0 rings (SSSR count). The molecule has 0 saturated heterocycles. The fourth-order valence-electron chi connectivity index (χ4n) is 0.430. The fraction of sp³-hybridized carbons (Fsp3) is 0.667. The van der Waals surface area contributed by atoms with Crippen molar-refractivity contribution >= 4 is 5.97 Å². The first-order chi connectivity index (χ1) is 3.77. The second kappa shape index (κ2) is 17.3. The van der Waals surface area contributed by atoms with Gasteiger partial charge in [0.2, 0.25) is 0 Å². The van der Waals surface area contributed by atoms with Crippen molar-refractivity contribution in [2.24, 2.45) is 0 Å². The molecule has 0 aliphatic heterocycles. The molecule has 11 heavy (non-hydrogen) atoms. The van der Waals surface area contributed by atoms with E-state index in [1.54, 1.807) is 0 Å². The van der Waals surface area contributed by atoms with Gasteiger partial charge in [0.05, 0.1) is 0 Å². The normalized spacial score (nSPS) is 6.27. The molecule has 0 amide bonds. The molecule has 2 nitrogen and oxygen atoms in total. The summed E-state index contributed by atoms with van der Waals surface area (Å²) in [6.07, 6.45) is 4.03. The van der Waals surface area contributed by atoms with Gasteiger partial charge in [-0.3, -0.25) is 11.2 Å². The minimum absolute atomic E-state index is 0. The Morgan fingerprint density at radius 1 is 1.45 bits per heavy atom. The molecule has 64 valence electrons. The first kappa shape index (κ1) is 22.8. The predicted molar refractivity (Wildman–Crippen MR) is 31.5 cm³/mol. The Hall–Kier alpha value is 1.20. The quantitative estimate of drug-likeness (QED) is 0.573. The van der Waals surface area contributed by atoms with Crippen molar-refractivity contribution in [1.82, 2.24) is 0 Å². The van der Waals surface area contributed by atoms with E-state index in [0.717, 1.165) is 12.8 Å². The van der Waals surface area contributed by atoms with Crippen LogP contribution in [0.3, 0.4) is 0 Å². The summed E-state index contributed by atoms with van der Waals surface area (Å²) < 4.78 is 0. The second-order valence-corrected chi connectivity index (χ2v) is 1.68. The number of aliphatic carboxylic acids is 1. The van der Waals surface area contributed by atoms with Gasteiger partial charge in [0.25, 0.3) is 0 Å². The molecule has 0 aromatic heterocycles. The summed E-state index contributed by atoms with van der Waals surface area (Å²) >= 11 is 0. The van der Waals surface area contributed by atoms with Crippen molar-refractivity contribution in [3.63, 3.8) is 0 Å². The van der Waals surface area contributed by atoms with Crippen molar-refractivity contribution in [3.8, 4) is 0 Å². The average Bonchev–Trinajstić information content (AvgIpc) is 1.66. The van der Waals surface area contributed by atoms with E-state index in [1.807, 2.05) is 6.92 Å². The molecule has 0 spiro atoms. The molecular formula is C6H11O2V2W-. The number of rotatable bonds is 4. The van der Waals surface area contributed by atoms with E-state index in [-0.39, 0.29) is 58.2 Å². The van der Waals surface area contributed by atoms with Crippen molar-refractivity contribution in [1.29, 1.82) is 0 Å². The Balaban J connectivity index is -0.0000000817. The molecule has 0 unspecified atom stereocenters. The van der Waals surface area contributed by atoms with Crippen LogP contribution in [0.15, 0.2) is 0 Å². The van der Waals surface area contributed by atoms with Crippen LogP contribution in [-0.4, -0.2) is 11.1 Å². The predicted octanol–water partition coefficient (Wildman–Crippen LogP) is 1.46. The SMILES string of the molecule is CCCC[CH-]C(=O)O.[V].[V].[W]. The third kappa shape index (κ3) is 24.7. The molecule has 2 radical (unpaired) electrons. The zero-order valence-electron chi connectivity index (χ0n) is 6.36. The number of carboxylic acids is 1. The van der Waals surface area contributed by atoms with Crippen LogP contribution in [0.2, 0.25) is 0 Å². The number of carbonyl (C=O) groups is 1. The minimum atomic E-state index is -0.807. The molecule has 0 aromatic carbocycles. The molecule has 0 aromatic rings. The van der Waals surface area contributed by atoms with E-state index in [9.17, 15) is 4.79 Å². The van der Waals surface area contributed by atoms with E-state index in [0.29, 0.717) is 6.42 Å². The zero-order valence-corrected chi connectivity index (χ0v) is 12.1. The molecule has 0 atom stereocenters. The Bertz CT molecular complexity index is 81.0. The Morgan fingerprint density at radius 2 is 1.91 bits per heavy atom. The largest absolute Gasteiger partial charge is 0.503 e. The first-order valence-electron chi connectivity index (χ1n) is 2.83. The van der Waals surface area contributed by atoms with Crippen molar-refractivity contribution < 1.29 is 68.1 Å². The molecule has 1 N–H and O–H groups in total. The molecule has 0 fully saturated rings. The molecular weight excluding hydrogens is 390 g/mol. The summed E-state index contributed by atoms with van der Waals surface area (Å²) in [7, 11) is 0. The van der Waals surface area contributed by atoms with E-state index in [2.05, 4.69) is 0 Å². The summed E-state index contributed by atoms with van der Waals surface area (Å²) in [5, 5.41) is 8.08. The maximum Gasteiger partial charge on any atom is 0.163 e. The second-order valence-electron chi connectivity index (χ2n) is 1.68. The van der Waals surface area contributed by atoms with Crippen molar-refractivity contribution in [2.75, 3.05) is 0 Å². The molecule has 0 saturated carbocycles. The van der Waals surface area contributed by atoms with Gasteiger partial charge < -0.3 is 5.11 Å². The first-order valence-corrected chi connectivity index (χ1v) is 2.83. The van der Waals surface area contributed by atoms with E-state index < -0.39 is 5.97 Å². The van der Waals surface area contributed by atoms with Crippen LogP contribution in [0.5, 0.6) is 0 Å².